The summed E-state index contributed by atoms with van der Waals surface area (Å²) in [4.78, 5) is 1.35. The van der Waals surface area contributed by atoms with E-state index in [1.54, 1.807) is 11.3 Å². The highest BCUT2D eigenvalue weighted by molar-refractivity contribution is 9.10. The van der Waals surface area contributed by atoms with Crippen LogP contribution >= 0.6 is 27.3 Å². The molecule has 78 valence electrons. The van der Waals surface area contributed by atoms with Crippen LogP contribution in [0.15, 0.2) is 22.0 Å². The fourth-order valence-electron chi connectivity index (χ4n) is 1.32. The maximum Gasteiger partial charge on any atom is 0.0313 e. The third-order valence-electron chi connectivity index (χ3n) is 2.00. The molecule has 0 saturated heterocycles. The molecule has 0 radical (unpaired) electrons. The predicted molar refractivity (Wildman–Crippen MR) is 68.5 cm³/mol. The van der Waals surface area contributed by atoms with Crippen molar-refractivity contribution in [2.24, 2.45) is 11.7 Å². The zero-order valence-corrected chi connectivity index (χ0v) is 11.0. The van der Waals surface area contributed by atoms with Crippen molar-refractivity contribution in [3.05, 3.63) is 26.9 Å². The van der Waals surface area contributed by atoms with Crippen LogP contribution in [0, 0.1) is 5.92 Å². The smallest absolute Gasteiger partial charge is 0.0313 e. The van der Waals surface area contributed by atoms with Gasteiger partial charge in [0.2, 0.25) is 0 Å². The van der Waals surface area contributed by atoms with Crippen molar-refractivity contribution < 1.29 is 0 Å². The topological polar surface area (TPSA) is 26.0 Å². The lowest BCUT2D eigenvalue weighted by Crippen LogP contribution is -1.98. The van der Waals surface area contributed by atoms with Crippen molar-refractivity contribution >= 4 is 32.8 Å². The molecule has 0 unspecified atom stereocenters. The Bertz CT molecular complexity index is 315. The molecule has 3 heteroatoms. The molecule has 0 aliphatic heterocycles. The van der Waals surface area contributed by atoms with Crippen LogP contribution in [0.1, 0.15) is 25.1 Å². The Morgan fingerprint density at radius 3 is 2.79 bits per heavy atom. The number of rotatable bonds is 4. The zero-order valence-electron chi connectivity index (χ0n) is 8.59. The molecular weight excluding hydrogens is 258 g/mol. The molecule has 0 aromatic carbocycles. The van der Waals surface area contributed by atoms with Gasteiger partial charge in [0, 0.05) is 14.7 Å². The highest BCUT2D eigenvalue weighted by Gasteiger charge is 2.08. The number of nitrogens with two attached hydrogens (primary N) is 1. The lowest BCUT2D eigenvalue weighted by molar-refractivity contribution is 0.850. The van der Waals surface area contributed by atoms with Gasteiger partial charge < -0.3 is 5.73 Å². The summed E-state index contributed by atoms with van der Waals surface area (Å²) in [6.07, 6.45) is 3.21. The number of thiophene rings is 1. The number of hydrogen-bond donors (Lipinski definition) is 1. The van der Waals surface area contributed by atoms with Crippen molar-refractivity contribution in [1.82, 2.24) is 0 Å². The average Bonchev–Trinajstić information content (AvgIpc) is 2.52. The van der Waals surface area contributed by atoms with E-state index in [1.807, 2.05) is 0 Å². The van der Waals surface area contributed by atoms with E-state index in [1.165, 1.54) is 10.5 Å². The van der Waals surface area contributed by atoms with E-state index in [4.69, 9.17) is 5.73 Å². The van der Waals surface area contributed by atoms with Gasteiger partial charge in [0.15, 0.2) is 0 Å². The Hall–Kier alpha value is -0.120. The van der Waals surface area contributed by atoms with Crippen molar-refractivity contribution in [3.63, 3.8) is 0 Å². The van der Waals surface area contributed by atoms with Crippen LogP contribution in [-0.4, -0.2) is 6.54 Å². The second-order valence-corrected chi connectivity index (χ2v) is 5.35. The van der Waals surface area contributed by atoms with Crippen LogP contribution in [0.4, 0.5) is 0 Å². The first-order valence-electron chi connectivity index (χ1n) is 4.79. The highest BCUT2D eigenvalue weighted by atomic mass is 79.9. The molecule has 1 nitrogen and oxygen atoms in total. The maximum absolute atomic E-state index is 5.51. The van der Waals surface area contributed by atoms with E-state index < -0.39 is 0 Å². The van der Waals surface area contributed by atoms with E-state index in [-0.39, 0.29) is 0 Å². The second kappa shape index (κ2) is 5.69. The Balaban J connectivity index is 2.88. The van der Waals surface area contributed by atoms with Crippen LogP contribution in [0.5, 0.6) is 0 Å². The van der Waals surface area contributed by atoms with Crippen LogP contribution in [0.25, 0.3) is 5.57 Å². The molecule has 0 aliphatic carbocycles. The summed E-state index contributed by atoms with van der Waals surface area (Å²) in [7, 11) is 0. The van der Waals surface area contributed by atoms with Crippen LogP contribution in [0.2, 0.25) is 0 Å². The standard InChI is InChI=1S/C11H16BrNS/c1-8(2)10(4-3-5-13)11-6-9(12)7-14-11/h4,6-8H,3,5,13H2,1-2H3/b10-4+. The lowest BCUT2D eigenvalue weighted by Gasteiger charge is -2.08. The van der Waals surface area contributed by atoms with Crippen LogP contribution in [-0.2, 0) is 0 Å². The van der Waals surface area contributed by atoms with E-state index in [9.17, 15) is 0 Å². The highest BCUT2D eigenvalue weighted by Crippen LogP contribution is 2.31. The molecule has 0 amide bonds. The second-order valence-electron chi connectivity index (χ2n) is 3.52. The van der Waals surface area contributed by atoms with Gasteiger partial charge in [-0.2, -0.15) is 0 Å². The molecule has 1 aromatic heterocycles. The van der Waals surface area contributed by atoms with Gasteiger partial charge in [-0.05, 0) is 46.5 Å². The molecule has 1 aromatic rings. The fourth-order valence-corrected chi connectivity index (χ4v) is 2.94. The van der Waals surface area contributed by atoms with Crippen LogP contribution < -0.4 is 5.73 Å². The van der Waals surface area contributed by atoms with Crippen molar-refractivity contribution in [2.45, 2.75) is 20.3 Å². The monoisotopic (exact) mass is 273 g/mol. The Morgan fingerprint density at radius 1 is 1.64 bits per heavy atom. The van der Waals surface area contributed by atoms with Gasteiger partial charge in [-0.25, -0.2) is 0 Å². The van der Waals surface area contributed by atoms with E-state index >= 15 is 0 Å². The summed E-state index contributed by atoms with van der Waals surface area (Å²) in [5.74, 6) is 0.562. The SMILES string of the molecule is CC(C)/C(=C\CCN)c1cc(Br)cs1. The number of hydrogen-bond acceptors (Lipinski definition) is 2. The minimum Gasteiger partial charge on any atom is -0.330 e. The van der Waals surface area contributed by atoms with Gasteiger partial charge in [0.25, 0.3) is 0 Å². The van der Waals surface area contributed by atoms with Gasteiger partial charge in [-0.3, -0.25) is 0 Å². The minimum absolute atomic E-state index is 0.562. The molecular formula is C11H16BrNS. The molecule has 0 aliphatic rings. The minimum atomic E-state index is 0.562. The van der Waals surface area contributed by atoms with Crippen LogP contribution in [0.3, 0.4) is 0 Å². The predicted octanol–water partition coefficient (Wildman–Crippen LogP) is 3.90. The Morgan fingerprint density at radius 2 is 2.36 bits per heavy atom. The van der Waals surface area contributed by atoms with Crippen molar-refractivity contribution in [2.75, 3.05) is 6.54 Å². The first kappa shape index (κ1) is 12.0. The molecule has 2 N–H and O–H groups in total. The van der Waals surface area contributed by atoms with E-state index in [0.29, 0.717) is 5.92 Å². The fraction of sp³-hybridized carbons (Fsp3) is 0.455. The van der Waals surface area contributed by atoms with E-state index in [0.717, 1.165) is 17.4 Å². The van der Waals surface area contributed by atoms with Gasteiger partial charge in [-0.1, -0.05) is 19.9 Å². The molecule has 14 heavy (non-hydrogen) atoms. The van der Waals surface area contributed by atoms with Gasteiger partial charge in [-0.15, -0.1) is 11.3 Å². The zero-order chi connectivity index (χ0) is 10.6. The Kier molecular flexibility index (Phi) is 4.85. The number of halogens is 1. The quantitative estimate of drug-likeness (QED) is 0.885. The molecule has 0 bridgehead atoms. The molecule has 1 rings (SSSR count). The maximum atomic E-state index is 5.51. The summed E-state index contributed by atoms with van der Waals surface area (Å²) in [5, 5.41) is 2.12. The molecule has 0 fully saturated rings. The normalized spacial score (nSPS) is 12.5. The summed E-state index contributed by atoms with van der Waals surface area (Å²) < 4.78 is 1.16. The largest absolute Gasteiger partial charge is 0.330 e. The third-order valence-corrected chi connectivity index (χ3v) is 3.75. The summed E-state index contributed by atoms with van der Waals surface area (Å²) in [5.41, 5.74) is 6.92. The first-order valence-corrected chi connectivity index (χ1v) is 6.47. The summed E-state index contributed by atoms with van der Waals surface area (Å²) in [6.45, 7) is 5.16. The Labute approximate surface area is 98.1 Å². The third kappa shape index (κ3) is 3.23. The summed E-state index contributed by atoms with van der Waals surface area (Å²) in [6, 6.07) is 2.17. The number of allylic oxidation sites excluding steroid dienone is 1. The van der Waals surface area contributed by atoms with E-state index in [2.05, 4.69) is 47.3 Å². The van der Waals surface area contributed by atoms with Crippen molar-refractivity contribution in [1.29, 1.82) is 0 Å². The lowest BCUT2D eigenvalue weighted by atomic mass is 10.0. The van der Waals surface area contributed by atoms with Gasteiger partial charge >= 0.3 is 0 Å². The first-order chi connectivity index (χ1) is 6.65. The average molecular weight is 274 g/mol. The molecule has 0 atom stereocenters. The van der Waals surface area contributed by atoms with Gasteiger partial charge in [0.05, 0.1) is 0 Å². The molecule has 0 spiro atoms. The van der Waals surface area contributed by atoms with Gasteiger partial charge in [0.1, 0.15) is 0 Å². The molecule has 1 heterocycles. The van der Waals surface area contributed by atoms with Crippen molar-refractivity contribution in [3.8, 4) is 0 Å². The summed E-state index contributed by atoms with van der Waals surface area (Å²) >= 11 is 5.26. The molecule has 0 saturated carbocycles.